The molecular formula is C15H27NO4. The molecule has 0 saturated heterocycles. The molecule has 116 valence electrons. The molecule has 0 heterocycles. The highest BCUT2D eigenvalue weighted by Gasteiger charge is 2.23. The number of allylic oxidation sites excluding steroid dienone is 1. The zero-order valence-electron chi connectivity index (χ0n) is 12.1. The first kappa shape index (κ1) is 18.6. The second kappa shape index (κ2) is 11.5. The first-order valence-electron chi connectivity index (χ1n) is 7.31. The summed E-state index contributed by atoms with van der Waals surface area (Å²) in [6, 6.07) is -1.09. The summed E-state index contributed by atoms with van der Waals surface area (Å²) < 4.78 is 0. The first-order chi connectivity index (χ1) is 9.49. The molecule has 0 fully saturated rings. The summed E-state index contributed by atoms with van der Waals surface area (Å²) in [7, 11) is 0. The Morgan fingerprint density at radius 2 is 1.55 bits per heavy atom. The number of hydrogen-bond acceptors (Lipinski definition) is 3. The Bertz CT molecular complexity index is 304. The van der Waals surface area contributed by atoms with Gasteiger partial charge in [-0.15, -0.1) is 6.58 Å². The highest BCUT2D eigenvalue weighted by Crippen LogP contribution is 2.17. The molecule has 0 radical (unpaired) electrons. The Balaban J connectivity index is 3.74. The fourth-order valence-electron chi connectivity index (χ4n) is 2.14. The van der Waals surface area contributed by atoms with Crippen LogP contribution in [0.1, 0.15) is 57.8 Å². The molecule has 0 aromatic heterocycles. The van der Waals surface area contributed by atoms with E-state index in [1.807, 2.05) is 6.08 Å². The Hall–Kier alpha value is -1.36. The summed E-state index contributed by atoms with van der Waals surface area (Å²) in [6.07, 6.45) is 9.86. The lowest BCUT2D eigenvalue weighted by Gasteiger charge is -2.14. The number of rotatable bonds is 13. The lowest BCUT2D eigenvalue weighted by molar-refractivity contribution is -0.143. The van der Waals surface area contributed by atoms with E-state index in [1.165, 1.54) is 6.42 Å². The van der Waals surface area contributed by atoms with Crippen LogP contribution in [0, 0.1) is 5.92 Å². The molecule has 0 saturated carbocycles. The smallest absolute Gasteiger partial charge is 0.320 e. The summed E-state index contributed by atoms with van der Waals surface area (Å²) >= 11 is 0. The third kappa shape index (κ3) is 9.55. The van der Waals surface area contributed by atoms with Crippen molar-refractivity contribution < 1.29 is 19.8 Å². The Kier molecular flexibility index (Phi) is 10.7. The number of carboxylic acid groups (broad SMARTS) is 2. The predicted molar refractivity (Wildman–Crippen MR) is 78.5 cm³/mol. The molecule has 2 atom stereocenters. The minimum Gasteiger partial charge on any atom is -0.481 e. The number of carbonyl (C=O) groups is 2. The van der Waals surface area contributed by atoms with Crippen LogP contribution in [0.25, 0.3) is 0 Å². The maximum Gasteiger partial charge on any atom is 0.320 e. The molecule has 0 aromatic rings. The Labute approximate surface area is 120 Å². The quantitative estimate of drug-likeness (QED) is 0.357. The summed E-state index contributed by atoms with van der Waals surface area (Å²) in [4.78, 5) is 21.7. The van der Waals surface area contributed by atoms with Gasteiger partial charge in [-0.1, -0.05) is 38.2 Å². The van der Waals surface area contributed by atoms with Gasteiger partial charge >= 0.3 is 11.9 Å². The topological polar surface area (TPSA) is 101 Å². The summed E-state index contributed by atoms with van der Waals surface area (Å²) in [5, 5.41) is 17.7. The number of hydrogen-bond donors (Lipinski definition) is 3. The van der Waals surface area contributed by atoms with Crippen LogP contribution in [0.4, 0.5) is 0 Å². The summed E-state index contributed by atoms with van der Waals surface area (Å²) in [5.41, 5.74) is 5.38. The van der Waals surface area contributed by atoms with E-state index >= 15 is 0 Å². The minimum absolute atomic E-state index is 0.00397. The number of unbranched alkanes of at least 4 members (excludes halogenated alkanes) is 6. The largest absolute Gasteiger partial charge is 0.481 e. The molecule has 1 unspecified atom stereocenters. The van der Waals surface area contributed by atoms with Crippen LogP contribution in [-0.4, -0.2) is 28.2 Å². The van der Waals surface area contributed by atoms with Crippen LogP contribution in [0.5, 0.6) is 0 Å². The van der Waals surface area contributed by atoms with Crippen LogP contribution in [-0.2, 0) is 9.59 Å². The average molecular weight is 285 g/mol. The van der Waals surface area contributed by atoms with Crippen LogP contribution >= 0.6 is 0 Å². The van der Waals surface area contributed by atoms with Gasteiger partial charge in [0.05, 0.1) is 5.92 Å². The van der Waals surface area contributed by atoms with Gasteiger partial charge in [0.2, 0.25) is 0 Å². The number of nitrogens with two attached hydrogens (primary N) is 1. The van der Waals surface area contributed by atoms with Gasteiger partial charge in [0.15, 0.2) is 0 Å². The highest BCUT2D eigenvalue weighted by atomic mass is 16.4. The highest BCUT2D eigenvalue weighted by molar-refractivity contribution is 5.75. The molecule has 0 amide bonds. The second-order valence-corrected chi connectivity index (χ2v) is 5.20. The van der Waals surface area contributed by atoms with E-state index < -0.39 is 23.9 Å². The Morgan fingerprint density at radius 3 is 2.05 bits per heavy atom. The zero-order valence-corrected chi connectivity index (χ0v) is 12.1. The van der Waals surface area contributed by atoms with Crippen molar-refractivity contribution in [3.63, 3.8) is 0 Å². The molecule has 5 nitrogen and oxygen atoms in total. The van der Waals surface area contributed by atoms with E-state index in [0.717, 1.165) is 38.5 Å². The van der Waals surface area contributed by atoms with Crippen molar-refractivity contribution in [1.29, 1.82) is 0 Å². The standard InChI is InChI=1S/C15H27NO4/c1-2-3-4-5-6-7-8-9-10-12(14(17)18)11-13(16)15(19)20/h2,12-13H,1,3-11,16H2,(H,17,18)(H,19,20)/t12?,13-/m0/s1. The molecule has 0 spiro atoms. The van der Waals surface area contributed by atoms with E-state index in [-0.39, 0.29) is 6.42 Å². The van der Waals surface area contributed by atoms with Crippen molar-refractivity contribution in [2.45, 2.75) is 63.8 Å². The minimum atomic E-state index is -1.14. The molecule has 4 N–H and O–H groups in total. The van der Waals surface area contributed by atoms with E-state index in [0.29, 0.717) is 6.42 Å². The summed E-state index contributed by atoms with van der Waals surface area (Å²) in [6.45, 7) is 3.67. The monoisotopic (exact) mass is 285 g/mol. The third-order valence-corrected chi connectivity index (χ3v) is 3.42. The van der Waals surface area contributed by atoms with Crippen LogP contribution in [0.15, 0.2) is 12.7 Å². The number of carboxylic acids is 2. The van der Waals surface area contributed by atoms with Gasteiger partial charge in [0.25, 0.3) is 0 Å². The van der Waals surface area contributed by atoms with Gasteiger partial charge in [-0.2, -0.15) is 0 Å². The molecule has 0 aliphatic carbocycles. The van der Waals surface area contributed by atoms with Gasteiger partial charge in [0.1, 0.15) is 6.04 Å². The van der Waals surface area contributed by atoms with E-state index in [4.69, 9.17) is 15.9 Å². The van der Waals surface area contributed by atoms with Crippen molar-refractivity contribution in [2.24, 2.45) is 11.7 Å². The van der Waals surface area contributed by atoms with Crippen molar-refractivity contribution in [3.8, 4) is 0 Å². The lowest BCUT2D eigenvalue weighted by Crippen LogP contribution is -2.34. The Morgan fingerprint density at radius 1 is 1.00 bits per heavy atom. The normalized spacial score (nSPS) is 13.7. The fraction of sp³-hybridized carbons (Fsp3) is 0.733. The molecule has 0 aliphatic rings. The summed E-state index contributed by atoms with van der Waals surface area (Å²) in [5.74, 6) is -2.74. The second-order valence-electron chi connectivity index (χ2n) is 5.20. The van der Waals surface area contributed by atoms with Crippen LogP contribution in [0.3, 0.4) is 0 Å². The molecule has 0 bridgehead atoms. The van der Waals surface area contributed by atoms with Crippen molar-refractivity contribution >= 4 is 11.9 Å². The number of aliphatic carboxylic acids is 2. The van der Waals surface area contributed by atoms with Gasteiger partial charge in [0, 0.05) is 0 Å². The van der Waals surface area contributed by atoms with Gasteiger partial charge in [-0.25, -0.2) is 0 Å². The first-order valence-corrected chi connectivity index (χ1v) is 7.31. The van der Waals surface area contributed by atoms with Crippen molar-refractivity contribution in [3.05, 3.63) is 12.7 Å². The van der Waals surface area contributed by atoms with Crippen molar-refractivity contribution in [2.75, 3.05) is 0 Å². The van der Waals surface area contributed by atoms with E-state index in [2.05, 4.69) is 6.58 Å². The molecule has 5 heteroatoms. The van der Waals surface area contributed by atoms with E-state index in [1.54, 1.807) is 0 Å². The lowest BCUT2D eigenvalue weighted by atomic mass is 9.94. The molecule has 0 aromatic carbocycles. The third-order valence-electron chi connectivity index (χ3n) is 3.42. The van der Waals surface area contributed by atoms with Gasteiger partial charge in [-0.3, -0.25) is 9.59 Å². The SMILES string of the molecule is C=CCCCCCCCCC(C[C@H](N)C(=O)O)C(=O)O. The van der Waals surface area contributed by atoms with Crippen LogP contribution in [0.2, 0.25) is 0 Å². The molecule has 0 aliphatic heterocycles. The van der Waals surface area contributed by atoms with E-state index in [9.17, 15) is 9.59 Å². The maximum absolute atomic E-state index is 11.0. The fourth-order valence-corrected chi connectivity index (χ4v) is 2.14. The average Bonchev–Trinajstić information content (AvgIpc) is 2.39. The molecule has 0 rings (SSSR count). The zero-order chi connectivity index (χ0) is 15.4. The van der Waals surface area contributed by atoms with Gasteiger partial charge in [-0.05, 0) is 25.7 Å². The molecule has 20 heavy (non-hydrogen) atoms. The molecular weight excluding hydrogens is 258 g/mol. The van der Waals surface area contributed by atoms with Crippen LogP contribution < -0.4 is 5.73 Å². The van der Waals surface area contributed by atoms with Gasteiger partial charge < -0.3 is 15.9 Å². The predicted octanol–water partition coefficient (Wildman–Crippen LogP) is 2.80. The van der Waals surface area contributed by atoms with Crippen molar-refractivity contribution in [1.82, 2.24) is 0 Å². The maximum atomic E-state index is 11.0.